The molecule has 3 nitrogen and oxygen atoms in total. The predicted molar refractivity (Wildman–Crippen MR) is 39.9 cm³/mol. The van der Waals surface area contributed by atoms with E-state index in [2.05, 4.69) is 10.5 Å². The van der Waals surface area contributed by atoms with Gasteiger partial charge in [0.2, 0.25) is 0 Å². The number of hydrogen-bond acceptors (Lipinski definition) is 3. The van der Waals surface area contributed by atoms with Gasteiger partial charge in [0, 0.05) is 12.3 Å². The van der Waals surface area contributed by atoms with Gasteiger partial charge < -0.3 is 4.42 Å². The highest BCUT2D eigenvalue weighted by molar-refractivity contribution is 5.82. The van der Waals surface area contributed by atoms with Gasteiger partial charge >= 0.3 is 0 Å². The summed E-state index contributed by atoms with van der Waals surface area (Å²) < 4.78 is 5.11. The second kappa shape index (κ2) is 2.02. The van der Waals surface area contributed by atoms with Gasteiger partial charge in [0.05, 0.1) is 6.26 Å². The maximum atomic E-state index is 5.11. The molecule has 10 heavy (non-hydrogen) atoms. The molecule has 3 heteroatoms. The SMILES string of the molecule is C1=Cc2occc2NN=C1. The van der Waals surface area contributed by atoms with Crippen LogP contribution in [-0.2, 0) is 0 Å². The highest BCUT2D eigenvalue weighted by Gasteiger charge is 2.01. The molecule has 0 radical (unpaired) electrons. The molecule has 0 aliphatic carbocycles. The number of rotatable bonds is 0. The van der Waals surface area contributed by atoms with Crippen molar-refractivity contribution in [2.24, 2.45) is 5.10 Å². The van der Waals surface area contributed by atoms with E-state index in [-0.39, 0.29) is 0 Å². The number of hydrogen-bond donors (Lipinski definition) is 1. The maximum absolute atomic E-state index is 5.11. The Morgan fingerprint density at radius 1 is 1.50 bits per heavy atom. The summed E-state index contributed by atoms with van der Waals surface area (Å²) in [4.78, 5) is 0. The molecule has 0 aromatic carbocycles. The normalized spacial score (nSPS) is 14.0. The molecule has 0 saturated heterocycles. The van der Waals surface area contributed by atoms with Crippen LogP contribution in [0.15, 0.2) is 27.9 Å². The quantitative estimate of drug-likeness (QED) is 0.586. The molecule has 2 rings (SSSR count). The second-order valence-electron chi connectivity index (χ2n) is 1.95. The minimum absolute atomic E-state index is 0.817. The van der Waals surface area contributed by atoms with Gasteiger partial charge in [0.25, 0.3) is 0 Å². The van der Waals surface area contributed by atoms with Crippen molar-refractivity contribution in [3.8, 4) is 0 Å². The van der Waals surface area contributed by atoms with Crippen molar-refractivity contribution in [1.82, 2.24) is 0 Å². The summed E-state index contributed by atoms with van der Waals surface area (Å²) >= 11 is 0. The smallest absolute Gasteiger partial charge is 0.151 e. The van der Waals surface area contributed by atoms with Crippen molar-refractivity contribution in [2.45, 2.75) is 0 Å². The number of nitrogens with zero attached hydrogens (tertiary/aromatic N) is 1. The van der Waals surface area contributed by atoms with Gasteiger partial charge in [-0.2, -0.15) is 5.10 Å². The summed E-state index contributed by atoms with van der Waals surface area (Å²) in [5, 5.41) is 3.86. The first-order chi connectivity index (χ1) is 4.97. The first kappa shape index (κ1) is 5.29. The Labute approximate surface area is 58.0 Å². The molecule has 0 bridgehead atoms. The van der Waals surface area contributed by atoms with Crippen LogP contribution < -0.4 is 5.43 Å². The molecule has 1 N–H and O–H groups in total. The average Bonchev–Trinajstić information content (AvgIpc) is 2.28. The molecular weight excluding hydrogens is 128 g/mol. The molecule has 1 aliphatic rings. The lowest BCUT2D eigenvalue weighted by molar-refractivity contribution is 0.558. The van der Waals surface area contributed by atoms with E-state index in [0.717, 1.165) is 11.4 Å². The van der Waals surface area contributed by atoms with Gasteiger partial charge in [-0.25, -0.2) is 0 Å². The van der Waals surface area contributed by atoms with Crippen molar-refractivity contribution in [2.75, 3.05) is 5.43 Å². The first-order valence-electron chi connectivity index (χ1n) is 3.00. The Kier molecular flexibility index (Phi) is 1.07. The molecule has 0 atom stereocenters. The monoisotopic (exact) mass is 134 g/mol. The van der Waals surface area contributed by atoms with Gasteiger partial charge in [0.15, 0.2) is 5.76 Å². The minimum atomic E-state index is 0.817. The molecule has 0 spiro atoms. The predicted octanol–water partition coefficient (Wildman–Crippen LogP) is 1.70. The van der Waals surface area contributed by atoms with Gasteiger partial charge in [-0.1, -0.05) is 0 Å². The number of allylic oxidation sites excluding steroid dienone is 1. The average molecular weight is 134 g/mol. The zero-order valence-electron chi connectivity index (χ0n) is 5.24. The fourth-order valence-electron chi connectivity index (χ4n) is 0.823. The Morgan fingerprint density at radius 3 is 3.50 bits per heavy atom. The van der Waals surface area contributed by atoms with Crippen LogP contribution in [-0.4, -0.2) is 6.21 Å². The van der Waals surface area contributed by atoms with Crippen LogP contribution >= 0.6 is 0 Å². The van der Waals surface area contributed by atoms with Gasteiger partial charge in [-0.15, -0.1) is 0 Å². The highest BCUT2D eigenvalue weighted by atomic mass is 16.3. The summed E-state index contributed by atoms with van der Waals surface area (Å²) in [7, 11) is 0. The van der Waals surface area contributed by atoms with Crippen molar-refractivity contribution < 1.29 is 4.42 Å². The topological polar surface area (TPSA) is 37.5 Å². The standard InChI is InChI=1S/C7H6N2O/c1-2-7-6(3-5-10-7)9-8-4-1/h1-5,9H. The second-order valence-corrected chi connectivity index (χ2v) is 1.95. The number of nitrogens with one attached hydrogen (secondary N) is 1. The zero-order valence-corrected chi connectivity index (χ0v) is 5.24. The molecule has 0 unspecified atom stereocenters. The summed E-state index contributed by atoms with van der Waals surface area (Å²) in [6, 6.07) is 1.84. The van der Waals surface area contributed by atoms with Crippen molar-refractivity contribution in [3.05, 3.63) is 24.2 Å². The zero-order chi connectivity index (χ0) is 6.81. The van der Waals surface area contributed by atoms with E-state index in [0.29, 0.717) is 0 Å². The van der Waals surface area contributed by atoms with E-state index < -0.39 is 0 Å². The van der Waals surface area contributed by atoms with Crippen LogP contribution in [0.4, 0.5) is 5.69 Å². The lowest BCUT2D eigenvalue weighted by Crippen LogP contribution is -1.84. The van der Waals surface area contributed by atoms with Crippen molar-refractivity contribution in [1.29, 1.82) is 0 Å². The van der Waals surface area contributed by atoms with Crippen LogP contribution in [0.5, 0.6) is 0 Å². The largest absolute Gasteiger partial charge is 0.463 e. The van der Waals surface area contributed by atoms with Crippen LogP contribution in [0, 0.1) is 0 Å². The van der Waals surface area contributed by atoms with Gasteiger partial charge in [-0.3, -0.25) is 5.43 Å². The van der Waals surface area contributed by atoms with E-state index >= 15 is 0 Å². The molecule has 2 heterocycles. The van der Waals surface area contributed by atoms with E-state index in [1.807, 2.05) is 18.2 Å². The minimum Gasteiger partial charge on any atom is -0.463 e. The van der Waals surface area contributed by atoms with Gasteiger partial charge in [-0.05, 0) is 12.2 Å². The van der Waals surface area contributed by atoms with Crippen LogP contribution in [0.25, 0.3) is 6.08 Å². The van der Waals surface area contributed by atoms with E-state index in [1.165, 1.54) is 0 Å². The molecule has 1 aromatic rings. The fraction of sp³-hybridized carbons (Fsp3) is 0. The summed E-state index contributed by atoms with van der Waals surface area (Å²) in [6.45, 7) is 0. The van der Waals surface area contributed by atoms with Crippen LogP contribution in [0.3, 0.4) is 0 Å². The van der Waals surface area contributed by atoms with Gasteiger partial charge in [0.1, 0.15) is 5.69 Å². The van der Waals surface area contributed by atoms with Crippen LogP contribution in [0.2, 0.25) is 0 Å². The third-order valence-electron chi connectivity index (χ3n) is 1.29. The molecule has 0 amide bonds. The Hall–Kier alpha value is -1.51. The first-order valence-corrected chi connectivity index (χ1v) is 3.00. The number of hydrazone groups is 1. The molecule has 1 aromatic heterocycles. The molecule has 50 valence electrons. The third kappa shape index (κ3) is 0.719. The van der Waals surface area contributed by atoms with Crippen LogP contribution in [0.1, 0.15) is 5.76 Å². The summed E-state index contributed by atoms with van der Waals surface area (Å²) in [5.41, 5.74) is 3.73. The molecule has 0 fully saturated rings. The summed E-state index contributed by atoms with van der Waals surface area (Å²) in [6.07, 6.45) is 6.99. The number of fused-ring (bicyclic) bond motifs is 1. The molecule has 1 aliphatic heterocycles. The molecular formula is C7H6N2O. The van der Waals surface area contributed by atoms with E-state index in [4.69, 9.17) is 4.42 Å². The lowest BCUT2D eigenvalue weighted by Gasteiger charge is -1.91. The maximum Gasteiger partial charge on any atom is 0.151 e. The Balaban J connectivity index is 2.50. The number of furan rings is 1. The Morgan fingerprint density at radius 2 is 2.50 bits per heavy atom. The van der Waals surface area contributed by atoms with Crippen molar-refractivity contribution in [3.63, 3.8) is 0 Å². The Bertz CT molecular complexity index is 286. The van der Waals surface area contributed by atoms with E-state index in [1.54, 1.807) is 12.5 Å². The lowest BCUT2D eigenvalue weighted by atomic mass is 10.3. The summed E-state index contributed by atoms with van der Waals surface area (Å²) in [5.74, 6) is 0.817. The fourth-order valence-corrected chi connectivity index (χ4v) is 0.823. The third-order valence-corrected chi connectivity index (χ3v) is 1.29. The highest BCUT2D eigenvalue weighted by Crippen LogP contribution is 2.18. The van der Waals surface area contributed by atoms with Crippen molar-refractivity contribution >= 4 is 18.0 Å². The number of anilines is 1. The molecule has 0 saturated carbocycles. The van der Waals surface area contributed by atoms with E-state index in [9.17, 15) is 0 Å².